The van der Waals surface area contributed by atoms with E-state index in [0.717, 1.165) is 35.5 Å². The molecule has 2 heterocycles. The molecule has 3 aromatic carbocycles. The van der Waals surface area contributed by atoms with Crippen molar-refractivity contribution in [2.24, 2.45) is 0 Å². The van der Waals surface area contributed by atoms with Gasteiger partial charge in [0.2, 0.25) is 5.91 Å². The van der Waals surface area contributed by atoms with Crippen molar-refractivity contribution in [2.45, 2.75) is 32.0 Å². The summed E-state index contributed by atoms with van der Waals surface area (Å²) in [4.78, 5) is 30.5. The van der Waals surface area contributed by atoms with Gasteiger partial charge < -0.3 is 14.8 Å². The van der Waals surface area contributed by atoms with Crippen molar-refractivity contribution >= 4 is 34.9 Å². The van der Waals surface area contributed by atoms with Crippen molar-refractivity contribution in [3.05, 3.63) is 113 Å². The Labute approximate surface area is 240 Å². The molecular weight excluding hydrogens is 553 g/mol. The first-order chi connectivity index (χ1) is 19.7. The summed E-state index contributed by atoms with van der Waals surface area (Å²) in [7, 11) is 0. The maximum atomic E-state index is 14.2. The second-order valence-electron chi connectivity index (χ2n) is 9.79. The molecule has 0 saturated heterocycles. The highest BCUT2D eigenvalue weighted by molar-refractivity contribution is 6.30. The summed E-state index contributed by atoms with van der Waals surface area (Å²) in [6, 6.07) is 22.0. The molecule has 1 aromatic heterocycles. The van der Waals surface area contributed by atoms with Gasteiger partial charge >= 0.3 is 12.2 Å². The van der Waals surface area contributed by atoms with Gasteiger partial charge in [0.1, 0.15) is 12.6 Å². The Balaban J connectivity index is 1.48. The fourth-order valence-corrected chi connectivity index (χ4v) is 5.17. The van der Waals surface area contributed by atoms with Crippen LogP contribution >= 0.6 is 11.6 Å². The molecule has 1 atom stereocenters. The first-order valence-electron chi connectivity index (χ1n) is 13.2. The normalized spacial score (nSPS) is 14.3. The molecule has 6 nitrogen and oxygen atoms in total. The Morgan fingerprint density at radius 1 is 0.951 bits per heavy atom. The monoisotopic (exact) mass is 580 g/mol. The summed E-state index contributed by atoms with van der Waals surface area (Å²) in [5.41, 5.74) is 2.33. The number of carbonyl (C=O) groups excluding carboxylic acids is 2. The predicted molar refractivity (Wildman–Crippen MR) is 153 cm³/mol. The molecule has 41 heavy (non-hydrogen) atoms. The SMILES string of the molecule is CCCCN(CC(=O)N1c2ccccc2-n2cccc2C1c1ccc(Cl)cc1)C(=O)Nc1cccc(C(F)(F)F)c1. The topological polar surface area (TPSA) is 57.6 Å². The van der Waals surface area contributed by atoms with E-state index in [1.807, 2.05) is 66.2 Å². The highest BCUT2D eigenvalue weighted by atomic mass is 35.5. The van der Waals surface area contributed by atoms with Crippen LogP contribution in [0.5, 0.6) is 0 Å². The van der Waals surface area contributed by atoms with Crippen LogP contribution in [-0.2, 0) is 11.0 Å². The molecule has 10 heteroatoms. The van der Waals surface area contributed by atoms with Crippen LogP contribution in [-0.4, -0.2) is 34.5 Å². The molecule has 3 amide bonds. The number of carbonyl (C=O) groups is 2. The predicted octanol–water partition coefficient (Wildman–Crippen LogP) is 7.92. The van der Waals surface area contributed by atoms with Gasteiger partial charge in [0.25, 0.3) is 0 Å². The van der Waals surface area contributed by atoms with Crippen LogP contribution in [0.4, 0.5) is 29.3 Å². The number of rotatable bonds is 7. The molecule has 4 aromatic rings. The Hall–Kier alpha value is -4.24. The Morgan fingerprint density at radius 3 is 2.39 bits per heavy atom. The smallest absolute Gasteiger partial charge is 0.316 e. The van der Waals surface area contributed by atoms with E-state index in [1.54, 1.807) is 17.0 Å². The molecule has 1 N–H and O–H groups in total. The molecule has 5 rings (SSSR count). The van der Waals surface area contributed by atoms with Crippen LogP contribution in [0.2, 0.25) is 5.02 Å². The summed E-state index contributed by atoms with van der Waals surface area (Å²) in [5.74, 6) is -0.333. The third-order valence-corrected chi connectivity index (χ3v) is 7.26. The number of urea groups is 1. The lowest BCUT2D eigenvalue weighted by molar-refractivity contribution is -0.137. The molecular formula is C31H28ClF3N4O2. The highest BCUT2D eigenvalue weighted by Crippen LogP contribution is 2.42. The number of anilines is 2. The Bertz CT molecular complexity index is 1550. The van der Waals surface area contributed by atoms with Gasteiger partial charge in [-0.3, -0.25) is 9.69 Å². The molecule has 212 valence electrons. The molecule has 0 radical (unpaired) electrons. The second-order valence-corrected chi connectivity index (χ2v) is 10.2. The Morgan fingerprint density at radius 2 is 1.68 bits per heavy atom. The quantitative estimate of drug-likeness (QED) is 0.241. The van der Waals surface area contributed by atoms with Crippen LogP contribution in [0.3, 0.4) is 0 Å². The minimum Gasteiger partial charge on any atom is -0.316 e. The summed E-state index contributed by atoms with van der Waals surface area (Å²) in [6.45, 7) is 1.94. The minimum absolute atomic E-state index is 0.000964. The van der Waals surface area contributed by atoms with Crippen LogP contribution in [0.15, 0.2) is 91.1 Å². The molecule has 1 aliphatic rings. The summed E-state index contributed by atoms with van der Waals surface area (Å²) < 4.78 is 41.7. The van der Waals surface area contributed by atoms with E-state index in [-0.39, 0.29) is 24.7 Å². The number of nitrogens with one attached hydrogen (secondary N) is 1. The van der Waals surface area contributed by atoms with Crippen molar-refractivity contribution in [1.82, 2.24) is 9.47 Å². The van der Waals surface area contributed by atoms with Crippen molar-refractivity contribution in [1.29, 1.82) is 0 Å². The maximum Gasteiger partial charge on any atom is 0.416 e. The van der Waals surface area contributed by atoms with Gasteiger partial charge in [-0.2, -0.15) is 13.2 Å². The number of unbranched alkanes of at least 4 members (excludes halogenated alkanes) is 1. The number of benzene rings is 3. The van der Waals surface area contributed by atoms with Crippen LogP contribution in [0.25, 0.3) is 5.69 Å². The number of amides is 3. The molecule has 0 saturated carbocycles. The number of fused-ring (bicyclic) bond motifs is 3. The lowest BCUT2D eigenvalue weighted by atomic mass is 9.97. The zero-order valence-electron chi connectivity index (χ0n) is 22.2. The van der Waals surface area contributed by atoms with Gasteiger partial charge in [0.05, 0.1) is 22.6 Å². The van der Waals surface area contributed by atoms with Gasteiger partial charge in [-0.05, 0) is 66.6 Å². The number of aromatic nitrogens is 1. The van der Waals surface area contributed by atoms with Crippen molar-refractivity contribution in [2.75, 3.05) is 23.3 Å². The van der Waals surface area contributed by atoms with Crippen molar-refractivity contribution < 1.29 is 22.8 Å². The van der Waals surface area contributed by atoms with E-state index in [1.165, 1.54) is 17.0 Å². The summed E-state index contributed by atoms with van der Waals surface area (Å²) >= 11 is 6.16. The van der Waals surface area contributed by atoms with Crippen molar-refractivity contribution in [3.63, 3.8) is 0 Å². The summed E-state index contributed by atoms with van der Waals surface area (Å²) in [6.07, 6.45) is -1.23. The summed E-state index contributed by atoms with van der Waals surface area (Å²) in [5, 5.41) is 3.11. The number of halogens is 4. The van der Waals surface area contributed by atoms with E-state index >= 15 is 0 Å². The second kappa shape index (κ2) is 11.7. The number of hydrogen-bond acceptors (Lipinski definition) is 2. The first-order valence-corrected chi connectivity index (χ1v) is 13.6. The molecule has 0 aliphatic carbocycles. The number of para-hydroxylation sites is 2. The molecule has 0 fully saturated rings. The number of alkyl halides is 3. The van der Waals surface area contributed by atoms with E-state index < -0.39 is 23.8 Å². The Kier molecular flexibility index (Phi) is 8.08. The van der Waals surface area contributed by atoms with E-state index in [0.29, 0.717) is 17.1 Å². The van der Waals surface area contributed by atoms with Crippen LogP contribution < -0.4 is 10.2 Å². The largest absolute Gasteiger partial charge is 0.416 e. The van der Waals surface area contributed by atoms with Crippen LogP contribution in [0, 0.1) is 0 Å². The molecule has 1 aliphatic heterocycles. The van der Waals surface area contributed by atoms with Gasteiger partial charge in [0.15, 0.2) is 0 Å². The van der Waals surface area contributed by atoms with Gasteiger partial charge in [-0.25, -0.2) is 4.79 Å². The van der Waals surface area contributed by atoms with E-state index in [2.05, 4.69) is 5.32 Å². The molecule has 0 bridgehead atoms. The van der Waals surface area contributed by atoms with Crippen molar-refractivity contribution in [3.8, 4) is 5.69 Å². The lowest BCUT2D eigenvalue weighted by Gasteiger charge is -2.39. The first kappa shape index (κ1) is 28.3. The average molecular weight is 581 g/mol. The maximum absolute atomic E-state index is 14.2. The minimum atomic E-state index is -4.55. The van der Waals surface area contributed by atoms with Gasteiger partial charge in [-0.15, -0.1) is 0 Å². The zero-order chi connectivity index (χ0) is 29.1. The lowest BCUT2D eigenvalue weighted by Crippen LogP contribution is -2.48. The molecule has 1 unspecified atom stereocenters. The third kappa shape index (κ3) is 5.95. The zero-order valence-corrected chi connectivity index (χ0v) is 23.0. The van der Waals surface area contributed by atoms with Gasteiger partial charge in [-0.1, -0.05) is 55.3 Å². The van der Waals surface area contributed by atoms with E-state index in [9.17, 15) is 22.8 Å². The fraction of sp³-hybridized carbons (Fsp3) is 0.226. The molecule has 0 spiro atoms. The third-order valence-electron chi connectivity index (χ3n) is 7.01. The fourth-order valence-electron chi connectivity index (χ4n) is 5.04. The van der Waals surface area contributed by atoms with Crippen LogP contribution in [0.1, 0.15) is 42.6 Å². The average Bonchev–Trinajstić information content (AvgIpc) is 3.45. The highest BCUT2D eigenvalue weighted by Gasteiger charge is 2.37. The van der Waals surface area contributed by atoms with E-state index in [4.69, 9.17) is 11.6 Å². The van der Waals surface area contributed by atoms with Gasteiger partial charge in [0, 0.05) is 23.5 Å². The number of nitrogens with zero attached hydrogens (tertiary/aromatic N) is 3. The number of hydrogen-bond donors (Lipinski definition) is 1. The standard InChI is InChI=1S/C31H28ClF3N4O2/c1-2-3-17-37(30(41)36-24-9-6-8-22(19-24)31(33,34)35)20-28(40)39-26-11-5-4-10-25(26)38-18-7-12-27(38)29(39)21-13-15-23(32)16-14-21/h4-16,18-19,29H,2-3,17,20H2,1H3,(H,36,41).